The Labute approximate surface area is 171 Å². The molecule has 1 aliphatic rings. The van der Waals surface area contributed by atoms with Crippen LogP contribution in [0.4, 0.5) is 0 Å². The Morgan fingerprint density at radius 2 is 1.90 bits per heavy atom. The second-order valence-corrected chi connectivity index (χ2v) is 7.31. The number of carbonyl (C=O) groups is 3. The first kappa shape index (κ1) is 20.7. The van der Waals surface area contributed by atoms with Crippen molar-refractivity contribution in [1.29, 1.82) is 0 Å². The standard InChI is InChI=1S/C23H27N3O3/c1-25-22(28)12-11-19(15-27)26-14-21-18(3-2-4-20(21)23(26)29)10-9-16-5-7-17(13-24)8-6-16/h2-8,15,19H,9-14,24H2,1H3,(H,25,28). The number of nitrogens with zero attached hydrogens (tertiary/aromatic N) is 1. The van der Waals surface area contributed by atoms with Gasteiger partial charge in [0.05, 0.1) is 6.04 Å². The van der Waals surface area contributed by atoms with Gasteiger partial charge in [-0.2, -0.15) is 0 Å². The maximum absolute atomic E-state index is 12.9. The van der Waals surface area contributed by atoms with E-state index in [9.17, 15) is 14.4 Å². The second-order valence-electron chi connectivity index (χ2n) is 7.31. The van der Waals surface area contributed by atoms with Crippen LogP contribution < -0.4 is 11.1 Å². The molecule has 1 atom stereocenters. The van der Waals surface area contributed by atoms with Crippen LogP contribution in [0.1, 0.15) is 45.5 Å². The van der Waals surface area contributed by atoms with E-state index in [0.717, 1.165) is 35.8 Å². The van der Waals surface area contributed by atoms with Crippen molar-refractivity contribution in [2.75, 3.05) is 7.05 Å². The number of amides is 2. The molecular weight excluding hydrogens is 366 g/mol. The lowest BCUT2D eigenvalue weighted by molar-refractivity contribution is -0.121. The van der Waals surface area contributed by atoms with Crippen molar-refractivity contribution in [3.8, 4) is 0 Å². The quantitative estimate of drug-likeness (QED) is 0.637. The number of aldehydes is 1. The average molecular weight is 393 g/mol. The first-order valence-electron chi connectivity index (χ1n) is 9.92. The second kappa shape index (κ2) is 9.47. The minimum absolute atomic E-state index is 0.136. The van der Waals surface area contributed by atoms with Crippen LogP contribution in [0.5, 0.6) is 0 Å². The molecule has 2 aromatic carbocycles. The number of aryl methyl sites for hydroxylation is 2. The fourth-order valence-corrected chi connectivity index (χ4v) is 3.74. The maximum atomic E-state index is 12.9. The normalized spacial score (nSPS) is 13.9. The van der Waals surface area contributed by atoms with E-state index in [-0.39, 0.29) is 18.2 Å². The van der Waals surface area contributed by atoms with Crippen molar-refractivity contribution in [1.82, 2.24) is 10.2 Å². The summed E-state index contributed by atoms with van der Waals surface area (Å²) < 4.78 is 0. The molecule has 3 N–H and O–H groups in total. The van der Waals surface area contributed by atoms with Gasteiger partial charge in [0, 0.05) is 32.1 Å². The van der Waals surface area contributed by atoms with Gasteiger partial charge in [-0.3, -0.25) is 9.59 Å². The number of hydrogen-bond donors (Lipinski definition) is 2. The molecule has 1 heterocycles. The Bertz CT molecular complexity index is 893. The van der Waals surface area contributed by atoms with Crippen LogP contribution >= 0.6 is 0 Å². The molecule has 3 rings (SSSR count). The summed E-state index contributed by atoms with van der Waals surface area (Å²) in [4.78, 5) is 37.6. The molecule has 1 aliphatic heterocycles. The molecule has 0 fully saturated rings. The first-order valence-corrected chi connectivity index (χ1v) is 9.92. The van der Waals surface area contributed by atoms with Crippen LogP contribution in [0.15, 0.2) is 42.5 Å². The van der Waals surface area contributed by atoms with Gasteiger partial charge < -0.3 is 20.7 Å². The lowest BCUT2D eigenvalue weighted by atomic mass is 9.97. The van der Waals surface area contributed by atoms with Gasteiger partial charge in [0.15, 0.2) is 0 Å². The summed E-state index contributed by atoms with van der Waals surface area (Å²) in [6.07, 6.45) is 2.99. The molecule has 6 heteroatoms. The van der Waals surface area contributed by atoms with Gasteiger partial charge in [-0.25, -0.2) is 0 Å². The lowest BCUT2D eigenvalue weighted by Crippen LogP contribution is -2.37. The Balaban J connectivity index is 1.71. The third-order valence-corrected chi connectivity index (χ3v) is 5.54. The summed E-state index contributed by atoms with van der Waals surface area (Å²) >= 11 is 0. The van der Waals surface area contributed by atoms with Crippen molar-refractivity contribution in [2.45, 2.75) is 44.8 Å². The Morgan fingerprint density at radius 3 is 2.55 bits per heavy atom. The van der Waals surface area contributed by atoms with Gasteiger partial charge in [-0.1, -0.05) is 36.4 Å². The summed E-state index contributed by atoms with van der Waals surface area (Å²) in [5, 5.41) is 2.55. The smallest absolute Gasteiger partial charge is 0.255 e. The fourth-order valence-electron chi connectivity index (χ4n) is 3.74. The number of benzene rings is 2. The predicted octanol–water partition coefficient (Wildman–Crippen LogP) is 1.98. The maximum Gasteiger partial charge on any atom is 0.255 e. The molecule has 1 unspecified atom stereocenters. The molecule has 152 valence electrons. The fraction of sp³-hybridized carbons (Fsp3) is 0.348. The van der Waals surface area contributed by atoms with Crippen LogP contribution in [-0.2, 0) is 35.5 Å². The highest BCUT2D eigenvalue weighted by Crippen LogP contribution is 2.29. The largest absolute Gasteiger partial charge is 0.359 e. The monoisotopic (exact) mass is 393 g/mol. The zero-order valence-corrected chi connectivity index (χ0v) is 16.7. The third-order valence-electron chi connectivity index (χ3n) is 5.54. The van der Waals surface area contributed by atoms with Crippen LogP contribution in [0, 0.1) is 0 Å². The van der Waals surface area contributed by atoms with Crippen molar-refractivity contribution < 1.29 is 14.4 Å². The van der Waals surface area contributed by atoms with Gasteiger partial charge in [-0.15, -0.1) is 0 Å². The zero-order valence-electron chi connectivity index (χ0n) is 16.7. The molecule has 2 amide bonds. The first-order chi connectivity index (χ1) is 14.1. The van der Waals surface area contributed by atoms with Gasteiger partial charge in [0.25, 0.3) is 5.91 Å². The van der Waals surface area contributed by atoms with E-state index in [0.29, 0.717) is 25.1 Å². The summed E-state index contributed by atoms with van der Waals surface area (Å²) in [6, 6.07) is 13.4. The van der Waals surface area contributed by atoms with E-state index >= 15 is 0 Å². The molecule has 0 spiro atoms. The minimum atomic E-state index is -0.594. The number of nitrogens with two attached hydrogens (primary N) is 1. The van der Waals surface area contributed by atoms with E-state index < -0.39 is 6.04 Å². The van der Waals surface area contributed by atoms with E-state index in [1.54, 1.807) is 11.9 Å². The highest BCUT2D eigenvalue weighted by molar-refractivity contribution is 6.00. The van der Waals surface area contributed by atoms with E-state index in [1.165, 1.54) is 5.56 Å². The van der Waals surface area contributed by atoms with Gasteiger partial charge in [-0.05, 0) is 47.6 Å². The molecule has 0 saturated heterocycles. The number of carbonyl (C=O) groups excluding carboxylic acids is 3. The van der Waals surface area contributed by atoms with Crippen molar-refractivity contribution in [2.24, 2.45) is 5.73 Å². The Morgan fingerprint density at radius 1 is 1.17 bits per heavy atom. The van der Waals surface area contributed by atoms with E-state index in [2.05, 4.69) is 17.4 Å². The molecule has 0 aliphatic carbocycles. The molecule has 2 aromatic rings. The van der Waals surface area contributed by atoms with Crippen molar-refractivity contribution in [3.05, 3.63) is 70.3 Å². The topological polar surface area (TPSA) is 92.5 Å². The van der Waals surface area contributed by atoms with Crippen molar-refractivity contribution in [3.63, 3.8) is 0 Å². The molecule has 0 radical (unpaired) electrons. The minimum Gasteiger partial charge on any atom is -0.359 e. The van der Waals surface area contributed by atoms with Gasteiger partial charge in [0.1, 0.15) is 6.29 Å². The van der Waals surface area contributed by atoms with Crippen LogP contribution in [-0.4, -0.2) is 36.1 Å². The average Bonchev–Trinajstić information content (AvgIpc) is 3.10. The SMILES string of the molecule is CNC(=O)CCC(C=O)N1Cc2c(CCc3ccc(CN)cc3)cccc2C1=O. The van der Waals surface area contributed by atoms with Gasteiger partial charge in [0.2, 0.25) is 5.91 Å². The van der Waals surface area contributed by atoms with Crippen molar-refractivity contribution >= 4 is 18.1 Å². The highest BCUT2D eigenvalue weighted by Gasteiger charge is 2.33. The summed E-state index contributed by atoms with van der Waals surface area (Å²) in [7, 11) is 1.56. The molecule has 29 heavy (non-hydrogen) atoms. The summed E-state index contributed by atoms with van der Waals surface area (Å²) in [5.74, 6) is -0.273. The number of rotatable bonds is 9. The Hall–Kier alpha value is -2.99. The van der Waals surface area contributed by atoms with E-state index in [1.807, 2.05) is 30.3 Å². The zero-order chi connectivity index (χ0) is 20.8. The van der Waals surface area contributed by atoms with Crippen LogP contribution in [0.2, 0.25) is 0 Å². The molecule has 0 aromatic heterocycles. The lowest BCUT2D eigenvalue weighted by Gasteiger charge is -2.22. The van der Waals surface area contributed by atoms with Crippen LogP contribution in [0.25, 0.3) is 0 Å². The summed E-state index contributed by atoms with van der Waals surface area (Å²) in [6.45, 7) is 0.940. The number of fused-ring (bicyclic) bond motifs is 1. The molecule has 0 saturated carbocycles. The predicted molar refractivity (Wildman–Crippen MR) is 111 cm³/mol. The third kappa shape index (κ3) is 4.71. The van der Waals surface area contributed by atoms with E-state index in [4.69, 9.17) is 5.73 Å². The number of nitrogens with one attached hydrogen (secondary N) is 1. The summed E-state index contributed by atoms with van der Waals surface area (Å²) in [5.41, 5.74) is 10.7. The molecule has 0 bridgehead atoms. The molecular formula is C23H27N3O3. The number of hydrogen-bond acceptors (Lipinski definition) is 4. The van der Waals surface area contributed by atoms with Gasteiger partial charge >= 0.3 is 0 Å². The Kier molecular flexibility index (Phi) is 6.77. The van der Waals surface area contributed by atoms with Crippen LogP contribution in [0.3, 0.4) is 0 Å². The molecule has 6 nitrogen and oxygen atoms in total. The highest BCUT2D eigenvalue weighted by atomic mass is 16.2.